The van der Waals surface area contributed by atoms with Crippen molar-refractivity contribution in [2.24, 2.45) is 0 Å². The number of hydrogen-bond donors (Lipinski definition) is 1. The maximum absolute atomic E-state index is 13.4. The van der Waals surface area contributed by atoms with Crippen molar-refractivity contribution in [1.82, 2.24) is 10.2 Å². The lowest BCUT2D eigenvalue weighted by molar-refractivity contribution is -0.139. The monoisotopic (exact) mass is 527 g/mol. The van der Waals surface area contributed by atoms with Crippen molar-refractivity contribution < 1.29 is 18.0 Å². The minimum Gasteiger partial charge on any atom is -0.357 e. The first-order chi connectivity index (χ1) is 15.6. The summed E-state index contributed by atoms with van der Waals surface area (Å²) in [6, 6.07) is 11.0. The van der Waals surface area contributed by atoms with E-state index < -0.39 is 28.5 Å². The molecule has 0 heterocycles. The summed E-state index contributed by atoms with van der Waals surface area (Å²) < 4.78 is 26.3. The van der Waals surface area contributed by atoms with E-state index in [1.165, 1.54) is 11.9 Å². The number of carbonyl (C=O) groups excluding carboxylic acids is 2. The Morgan fingerprint density at radius 2 is 1.65 bits per heavy atom. The average Bonchev–Trinajstić information content (AvgIpc) is 2.74. The molecule has 0 fully saturated rings. The Labute approximate surface area is 212 Å². The molecule has 2 amide bonds. The molecule has 0 aliphatic carbocycles. The van der Waals surface area contributed by atoms with Crippen molar-refractivity contribution in [3.05, 3.63) is 63.6 Å². The molecule has 0 radical (unpaired) electrons. The number of halogens is 2. The van der Waals surface area contributed by atoms with Crippen LogP contribution in [0.2, 0.25) is 10.0 Å². The van der Waals surface area contributed by atoms with Crippen LogP contribution in [0.25, 0.3) is 0 Å². The Hall–Kier alpha value is -2.29. The summed E-state index contributed by atoms with van der Waals surface area (Å²) in [4.78, 5) is 27.1. The third-order valence-corrected chi connectivity index (χ3v) is 7.20. The summed E-state index contributed by atoms with van der Waals surface area (Å²) in [6.07, 6.45) is 1.04. The molecule has 2 rings (SSSR count). The molecule has 0 aromatic heterocycles. The minimum atomic E-state index is -3.79. The van der Waals surface area contributed by atoms with Crippen LogP contribution in [-0.4, -0.2) is 51.0 Å². The summed E-state index contributed by atoms with van der Waals surface area (Å²) in [5.74, 6) is -0.939. The van der Waals surface area contributed by atoms with Crippen LogP contribution in [0.1, 0.15) is 38.8 Å². The Morgan fingerprint density at radius 1 is 1.06 bits per heavy atom. The molecule has 0 saturated heterocycles. The van der Waals surface area contributed by atoms with Gasteiger partial charge < -0.3 is 10.2 Å². The van der Waals surface area contributed by atoms with E-state index in [4.69, 9.17) is 23.2 Å². The summed E-state index contributed by atoms with van der Waals surface area (Å²) in [5.41, 5.74) is 1.86. The summed E-state index contributed by atoms with van der Waals surface area (Å²) in [7, 11) is -2.32. The van der Waals surface area contributed by atoms with Crippen molar-refractivity contribution in [3.8, 4) is 0 Å². The van der Waals surface area contributed by atoms with Crippen LogP contribution < -0.4 is 9.62 Å². The number of benzene rings is 2. The number of likely N-dealkylation sites (N-methyl/N-ethyl adjacent to an activating group) is 1. The molecule has 1 atom stereocenters. The van der Waals surface area contributed by atoms with Crippen LogP contribution in [0.4, 0.5) is 5.69 Å². The Balaban J connectivity index is 2.41. The molecule has 0 spiro atoms. The normalized spacial score (nSPS) is 12.7. The van der Waals surface area contributed by atoms with Crippen molar-refractivity contribution in [2.75, 3.05) is 24.2 Å². The summed E-state index contributed by atoms with van der Waals surface area (Å²) in [6.45, 7) is 7.27. The van der Waals surface area contributed by atoms with Crippen LogP contribution in [0.5, 0.6) is 0 Å². The Morgan fingerprint density at radius 3 is 2.12 bits per heavy atom. The first kappa shape index (κ1) is 28.0. The van der Waals surface area contributed by atoms with Crippen LogP contribution in [-0.2, 0) is 31.6 Å². The molecule has 0 saturated carbocycles. The van der Waals surface area contributed by atoms with E-state index in [2.05, 4.69) is 26.1 Å². The number of nitrogens with one attached hydrogen (secondary N) is 1. The summed E-state index contributed by atoms with van der Waals surface area (Å²) in [5, 5.41) is 3.30. The fourth-order valence-corrected chi connectivity index (χ4v) is 4.68. The minimum absolute atomic E-state index is 0.00395. The predicted octanol–water partition coefficient (Wildman–Crippen LogP) is 4.22. The van der Waals surface area contributed by atoms with E-state index in [1.54, 1.807) is 37.3 Å². The van der Waals surface area contributed by atoms with Crippen molar-refractivity contribution in [2.45, 2.75) is 45.7 Å². The van der Waals surface area contributed by atoms with Gasteiger partial charge in [-0.3, -0.25) is 13.9 Å². The third-order valence-electron chi connectivity index (χ3n) is 5.47. The molecule has 0 unspecified atom stereocenters. The second kappa shape index (κ2) is 11.0. The number of anilines is 1. The van der Waals surface area contributed by atoms with E-state index in [0.717, 1.165) is 16.1 Å². The molecule has 7 nitrogen and oxygen atoms in total. The highest BCUT2D eigenvalue weighted by molar-refractivity contribution is 7.92. The molecular formula is C24H31Cl2N3O4S. The molecule has 2 aromatic carbocycles. The van der Waals surface area contributed by atoms with Gasteiger partial charge in [-0.2, -0.15) is 0 Å². The second-order valence-corrected chi connectivity index (χ2v) is 11.9. The molecule has 10 heteroatoms. The topological polar surface area (TPSA) is 86.8 Å². The first-order valence-corrected chi connectivity index (χ1v) is 13.3. The zero-order valence-electron chi connectivity index (χ0n) is 20.2. The standard InChI is InChI=1S/C24H31Cl2N3O4S/c1-16(23(31)27-5)28(14-17-7-10-19(25)13-21(17)26)22(30)15-29(34(6,32)33)20-11-8-18(9-12-20)24(2,3)4/h7-13,16H,14-15H2,1-6H3,(H,27,31)/t16-/m0/s1. The zero-order valence-corrected chi connectivity index (χ0v) is 22.6. The number of nitrogens with zero attached hydrogens (tertiary/aromatic N) is 2. The third kappa shape index (κ3) is 7.10. The maximum atomic E-state index is 13.4. The van der Waals surface area contributed by atoms with Gasteiger partial charge in [0.05, 0.1) is 11.9 Å². The van der Waals surface area contributed by atoms with Crippen molar-refractivity contribution in [3.63, 3.8) is 0 Å². The van der Waals surface area contributed by atoms with Gasteiger partial charge in [0.15, 0.2) is 0 Å². The molecule has 0 aliphatic heterocycles. The largest absolute Gasteiger partial charge is 0.357 e. The van der Waals surface area contributed by atoms with E-state index in [0.29, 0.717) is 21.3 Å². The maximum Gasteiger partial charge on any atom is 0.244 e. The number of hydrogen-bond acceptors (Lipinski definition) is 4. The fraction of sp³-hybridized carbons (Fsp3) is 0.417. The fourth-order valence-electron chi connectivity index (χ4n) is 3.37. The highest BCUT2D eigenvalue weighted by atomic mass is 35.5. The lowest BCUT2D eigenvalue weighted by Crippen LogP contribution is -2.50. The molecule has 0 aliphatic rings. The number of rotatable bonds is 8. The lowest BCUT2D eigenvalue weighted by Gasteiger charge is -2.31. The van der Waals surface area contributed by atoms with Gasteiger partial charge in [-0.1, -0.05) is 62.2 Å². The van der Waals surface area contributed by atoms with E-state index in [9.17, 15) is 18.0 Å². The number of amides is 2. The van der Waals surface area contributed by atoms with E-state index in [-0.39, 0.29) is 17.9 Å². The predicted molar refractivity (Wildman–Crippen MR) is 138 cm³/mol. The zero-order chi connectivity index (χ0) is 25.8. The number of sulfonamides is 1. The van der Waals surface area contributed by atoms with Gasteiger partial charge in [-0.15, -0.1) is 0 Å². The molecule has 34 heavy (non-hydrogen) atoms. The van der Waals surface area contributed by atoms with Crippen LogP contribution in [0.3, 0.4) is 0 Å². The SMILES string of the molecule is CNC(=O)[C@H](C)N(Cc1ccc(Cl)cc1Cl)C(=O)CN(c1ccc(C(C)(C)C)cc1)S(C)(=O)=O. The Bertz CT molecular complexity index is 1150. The molecule has 2 aromatic rings. The molecule has 186 valence electrons. The van der Waals surface area contributed by atoms with Gasteiger partial charge in [-0.05, 0) is 47.7 Å². The van der Waals surface area contributed by atoms with Gasteiger partial charge >= 0.3 is 0 Å². The molecular weight excluding hydrogens is 497 g/mol. The second-order valence-electron chi connectivity index (χ2n) is 9.11. The Kier molecular flexibility index (Phi) is 9.02. The average molecular weight is 529 g/mol. The van der Waals surface area contributed by atoms with Gasteiger partial charge in [-0.25, -0.2) is 8.42 Å². The van der Waals surface area contributed by atoms with E-state index in [1.807, 2.05) is 12.1 Å². The van der Waals surface area contributed by atoms with Gasteiger partial charge in [0, 0.05) is 23.6 Å². The number of carbonyl (C=O) groups is 2. The molecule has 0 bridgehead atoms. The molecule has 1 N–H and O–H groups in total. The highest BCUT2D eigenvalue weighted by Crippen LogP contribution is 2.27. The van der Waals surface area contributed by atoms with Crippen molar-refractivity contribution in [1.29, 1.82) is 0 Å². The van der Waals surface area contributed by atoms with Crippen LogP contribution in [0.15, 0.2) is 42.5 Å². The highest BCUT2D eigenvalue weighted by Gasteiger charge is 2.30. The smallest absolute Gasteiger partial charge is 0.244 e. The van der Waals surface area contributed by atoms with Gasteiger partial charge in [0.2, 0.25) is 21.8 Å². The summed E-state index contributed by atoms with van der Waals surface area (Å²) >= 11 is 12.3. The quantitative estimate of drug-likeness (QED) is 0.556. The van der Waals surface area contributed by atoms with Gasteiger partial charge in [0.1, 0.15) is 12.6 Å². The lowest BCUT2D eigenvalue weighted by atomic mass is 9.87. The van der Waals surface area contributed by atoms with Gasteiger partial charge in [0.25, 0.3) is 0 Å². The first-order valence-electron chi connectivity index (χ1n) is 10.7. The van der Waals surface area contributed by atoms with Crippen molar-refractivity contribution >= 4 is 50.7 Å². The van der Waals surface area contributed by atoms with E-state index >= 15 is 0 Å². The van der Waals surface area contributed by atoms with Crippen LogP contribution in [0, 0.1) is 0 Å². The van der Waals surface area contributed by atoms with Crippen LogP contribution >= 0.6 is 23.2 Å².